The Labute approximate surface area is 191 Å². The molecule has 0 radical (unpaired) electrons. The van der Waals surface area contributed by atoms with Gasteiger partial charge in [0.1, 0.15) is 11.3 Å². The van der Waals surface area contributed by atoms with E-state index in [2.05, 4.69) is 22.5 Å². The Bertz CT molecular complexity index is 1340. The van der Waals surface area contributed by atoms with Crippen LogP contribution in [0.1, 0.15) is 34.0 Å². The van der Waals surface area contributed by atoms with E-state index in [-0.39, 0.29) is 16.8 Å². The van der Waals surface area contributed by atoms with Crippen molar-refractivity contribution in [2.75, 3.05) is 5.32 Å². The molecule has 1 amide bonds. The maximum Gasteiger partial charge on any atom is 0.257 e. The van der Waals surface area contributed by atoms with Crippen molar-refractivity contribution in [3.63, 3.8) is 0 Å². The first-order valence-electron chi connectivity index (χ1n) is 10.3. The molecule has 0 unspecified atom stereocenters. The van der Waals surface area contributed by atoms with Gasteiger partial charge in [0.25, 0.3) is 5.91 Å². The summed E-state index contributed by atoms with van der Waals surface area (Å²) in [6.45, 7) is 5.93. The van der Waals surface area contributed by atoms with E-state index < -0.39 is 0 Å². The van der Waals surface area contributed by atoms with Gasteiger partial charge < -0.3 is 14.8 Å². The summed E-state index contributed by atoms with van der Waals surface area (Å²) in [5.74, 6) is 0.0302. The number of thiocarbonyl (C=S) groups is 1. The molecule has 0 aliphatic heterocycles. The van der Waals surface area contributed by atoms with Crippen molar-refractivity contribution in [3.05, 3.63) is 76.9 Å². The predicted octanol–water partition coefficient (Wildman–Crippen LogP) is 5.51. The number of hydrogen-bond donors (Lipinski definition) is 3. The predicted molar refractivity (Wildman–Crippen MR) is 130 cm³/mol. The number of aromatic hydroxyl groups is 1. The Morgan fingerprint density at radius 3 is 2.62 bits per heavy atom. The van der Waals surface area contributed by atoms with Crippen molar-refractivity contribution in [1.82, 2.24) is 10.3 Å². The number of nitrogens with one attached hydrogen (secondary N) is 2. The molecule has 0 saturated carbocycles. The van der Waals surface area contributed by atoms with E-state index in [1.165, 1.54) is 6.07 Å². The third kappa shape index (κ3) is 4.48. The number of nitrogens with zero attached hydrogens (tertiary/aromatic N) is 1. The molecule has 1 heterocycles. The summed E-state index contributed by atoms with van der Waals surface area (Å²) in [5.41, 5.74) is 6.08. The number of phenols is 1. The fourth-order valence-corrected chi connectivity index (χ4v) is 3.71. The minimum absolute atomic E-state index is 0.0132. The zero-order chi connectivity index (χ0) is 22.8. The number of anilines is 1. The van der Waals surface area contributed by atoms with E-state index in [1.807, 2.05) is 44.2 Å². The molecular weight excluding hydrogens is 422 g/mol. The normalized spacial score (nSPS) is 10.8. The summed E-state index contributed by atoms with van der Waals surface area (Å²) in [5, 5.41) is 16.3. The van der Waals surface area contributed by atoms with E-state index in [0.717, 1.165) is 28.6 Å². The quantitative estimate of drug-likeness (QED) is 0.359. The second-order valence-electron chi connectivity index (χ2n) is 7.63. The summed E-state index contributed by atoms with van der Waals surface area (Å²) in [6.07, 6.45) is 0.906. The summed E-state index contributed by atoms with van der Waals surface area (Å²) in [4.78, 5) is 17.0. The molecule has 0 aliphatic rings. The number of benzene rings is 3. The Morgan fingerprint density at radius 2 is 1.91 bits per heavy atom. The molecule has 6 nitrogen and oxygen atoms in total. The van der Waals surface area contributed by atoms with Crippen LogP contribution in [0.4, 0.5) is 5.69 Å². The zero-order valence-electron chi connectivity index (χ0n) is 18.0. The number of aromatic nitrogens is 1. The van der Waals surface area contributed by atoms with Gasteiger partial charge in [-0.1, -0.05) is 30.7 Å². The fourth-order valence-electron chi connectivity index (χ4n) is 3.50. The highest BCUT2D eigenvalue weighted by atomic mass is 32.1. The van der Waals surface area contributed by atoms with E-state index in [4.69, 9.17) is 16.6 Å². The van der Waals surface area contributed by atoms with Gasteiger partial charge in [0.2, 0.25) is 5.89 Å². The van der Waals surface area contributed by atoms with Crippen LogP contribution in [-0.2, 0) is 6.42 Å². The Kier molecular flexibility index (Phi) is 5.92. The molecule has 4 rings (SSSR count). The SMILES string of the molecule is CCc1ccc2oc(-c3ccc(NC(=S)NC(=O)c4ccc(C)cc4C)cc3O)nc2c1. The minimum Gasteiger partial charge on any atom is -0.507 e. The molecule has 0 aliphatic carbocycles. The second kappa shape index (κ2) is 8.80. The Morgan fingerprint density at radius 1 is 1.09 bits per heavy atom. The van der Waals surface area contributed by atoms with Gasteiger partial charge in [-0.05, 0) is 73.9 Å². The van der Waals surface area contributed by atoms with Gasteiger partial charge in [0, 0.05) is 17.3 Å². The first-order chi connectivity index (χ1) is 15.3. The standard InChI is InChI=1S/C25H23N3O3S/c1-4-16-6-10-22-20(12-16)27-24(31-22)19-9-7-17(13-21(19)29)26-25(32)28-23(30)18-8-5-14(2)11-15(18)3/h5-13,29H,4H2,1-3H3,(H2,26,28,30,32). The molecule has 4 aromatic rings. The van der Waals surface area contributed by atoms with Gasteiger partial charge in [-0.2, -0.15) is 0 Å². The molecule has 0 atom stereocenters. The highest BCUT2D eigenvalue weighted by molar-refractivity contribution is 7.80. The van der Waals surface area contributed by atoms with Crippen LogP contribution < -0.4 is 10.6 Å². The number of phenolic OH excluding ortho intramolecular Hbond substituents is 1. The van der Waals surface area contributed by atoms with Crippen LogP contribution in [0.2, 0.25) is 0 Å². The molecule has 1 aromatic heterocycles. The minimum atomic E-state index is -0.293. The summed E-state index contributed by atoms with van der Waals surface area (Å²) >= 11 is 5.26. The largest absolute Gasteiger partial charge is 0.507 e. The second-order valence-corrected chi connectivity index (χ2v) is 8.04. The molecule has 3 N–H and O–H groups in total. The molecule has 162 valence electrons. The van der Waals surface area contributed by atoms with E-state index in [0.29, 0.717) is 28.3 Å². The number of fused-ring (bicyclic) bond motifs is 1. The van der Waals surface area contributed by atoms with Crippen molar-refractivity contribution >= 4 is 40.0 Å². The fraction of sp³-hybridized carbons (Fsp3) is 0.160. The van der Waals surface area contributed by atoms with Crippen molar-refractivity contribution in [1.29, 1.82) is 0 Å². The van der Waals surface area contributed by atoms with Gasteiger partial charge in [0.15, 0.2) is 10.7 Å². The first kappa shape index (κ1) is 21.5. The number of carbonyl (C=O) groups is 1. The van der Waals surface area contributed by atoms with Crippen molar-refractivity contribution < 1.29 is 14.3 Å². The summed E-state index contributed by atoms with van der Waals surface area (Å²) < 4.78 is 5.80. The molecule has 0 spiro atoms. The van der Waals surface area contributed by atoms with Crippen molar-refractivity contribution in [2.45, 2.75) is 27.2 Å². The van der Waals surface area contributed by atoms with Crippen LogP contribution in [0.5, 0.6) is 5.75 Å². The van der Waals surface area contributed by atoms with Crippen LogP contribution in [0, 0.1) is 13.8 Å². The maximum atomic E-state index is 12.5. The number of hydrogen-bond acceptors (Lipinski definition) is 5. The first-order valence-corrected chi connectivity index (χ1v) is 10.7. The van der Waals surface area contributed by atoms with Crippen LogP contribution in [0.25, 0.3) is 22.6 Å². The Balaban J connectivity index is 1.48. The number of rotatable bonds is 4. The lowest BCUT2D eigenvalue weighted by Gasteiger charge is -2.12. The molecule has 0 fully saturated rings. The van der Waals surface area contributed by atoms with Gasteiger partial charge in [0.05, 0.1) is 5.56 Å². The van der Waals surface area contributed by atoms with Crippen LogP contribution in [-0.4, -0.2) is 21.1 Å². The van der Waals surface area contributed by atoms with E-state index >= 15 is 0 Å². The maximum absolute atomic E-state index is 12.5. The van der Waals surface area contributed by atoms with Gasteiger partial charge in [-0.3, -0.25) is 10.1 Å². The lowest BCUT2D eigenvalue weighted by Crippen LogP contribution is -2.34. The highest BCUT2D eigenvalue weighted by Crippen LogP contribution is 2.33. The van der Waals surface area contributed by atoms with Crippen molar-refractivity contribution in [3.8, 4) is 17.2 Å². The molecule has 3 aromatic carbocycles. The smallest absolute Gasteiger partial charge is 0.257 e. The summed E-state index contributed by atoms with van der Waals surface area (Å²) in [6, 6.07) is 16.4. The number of aryl methyl sites for hydroxylation is 3. The van der Waals surface area contributed by atoms with E-state index in [1.54, 1.807) is 18.2 Å². The summed E-state index contributed by atoms with van der Waals surface area (Å²) in [7, 11) is 0. The van der Waals surface area contributed by atoms with Crippen LogP contribution in [0.15, 0.2) is 59.0 Å². The molecule has 32 heavy (non-hydrogen) atoms. The zero-order valence-corrected chi connectivity index (χ0v) is 18.8. The molecular formula is C25H23N3O3S. The lowest BCUT2D eigenvalue weighted by molar-refractivity contribution is 0.0977. The topological polar surface area (TPSA) is 87.4 Å². The Hall–Kier alpha value is -3.71. The van der Waals surface area contributed by atoms with Gasteiger partial charge in [-0.25, -0.2) is 4.98 Å². The molecule has 7 heteroatoms. The number of carbonyl (C=O) groups excluding carboxylic acids is 1. The average Bonchev–Trinajstić information content (AvgIpc) is 3.16. The van der Waals surface area contributed by atoms with Crippen molar-refractivity contribution in [2.24, 2.45) is 0 Å². The van der Waals surface area contributed by atoms with Gasteiger partial charge in [-0.15, -0.1) is 0 Å². The number of amides is 1. The lowest BCUT2D eigenvalue weighted by atomic mass is 10.1. The highest BCUT2D eigenvalue weighted by Gasteiger charge is 2.15. The molecule has 0 bridgehead atoms. The van der Waals surface area contributed by atoms with Crippen LogP contribution >= 0.6 is 12.2 Å². The molecule has 0 saturated heterocycles. The number of oxazole rings is 1. The van der Waals surface area contributed by atoms with E-state index in [9.17, 15) is 9.90 Å². The third-order valence-electron chi connectivity index (χ3n) is 5.20. The average molecular weight is 446 g/mol. The van der Waals surface area contributed by atoms with Gasteiger partial charge >= 0.3 is 0 Å². The van der Waals surface area contributed by atoms with Crippen LogP contribution in [0.3, 0.4) is 0 Å². The third-order valence-corrected chi connectivity index (χ3v) is 5.40. The monoisotopic (exact) mass is 445 g/mol.